The van der Waals surface area contributed by atoms with Crippen LogP contribution >= 0.6 is 11.6 Å². The lowest BCUT2D eigenvalue weighted by Gasteiger charge is -2.15. The van der Waals surface area contributed by atoms with Gasteiger partial charge in [0.25, 0.3) is 0 Å². The Morgan fingerprint density at radius 2 is 2.25 bits per heavy atom. The third-order valence-corrected chi connectivity index (χ3v) is 3.64. The van der Waals surface area contributed by atoms with Crippen LogP contribution in [0.2, 0.25) is 5.02 Å². The molecular weight excluding hydrogens is 225 g/mol. The molecule has 1 N–H and O–H groups in total. The van der Waals surface area contributed by atoms with Gasteiger partial charge in [0.1, 0.15) is 5.82 Å². The smallest absolute Gasteiger partial charge is 0.146 e. The van der Waals surface area contributed by atoms with Crippen LogP contribution in [0.3, 0.4) is 0 Å². The number of hydrogen-bond donors (Lipinski definition) is 1. The molecule has 0 radical (unpaired) electrons. The molecular formula is C13H17ClFN. The molecule has 1 aromatic carbocycles. The molecule has 1 aliphatic carbocycles. The monoisotopic (exact) mass is 241 g/mol. The van der Waals surface area contributed by atoms with Gasteiger partial charge in [-0.2, -0.15) is 0 Å². The van der Waals surface area contributed by atoms with Gasteiger partial charge in [-0.25, -0.2) is 4.39 Å². The molecule has 0 aliphatic heterocycles. The molecule has 0 heterocycles. The summed E-state index contributed by atoms with van der Waals surface area (Å²) < 4.78 is 13.5. The van der Waals surface area contributed by atoms with Gasteiger partial charge in [0, 0.05) is 11.1 Å². The molecule has 2 unspecified atom stereocenters. The summed E-state index contributed by atoms with van der Waals surface area (Å²) in [5, 5.41) is 3.83. The van der Waals surface area contributed by atoms with Crippen molar-refractivity contribution in [1.29, 1.82) is 0 Å². The maximum atomic E-state index is 13.5. The maximum absolute atomic E-state index is 13.5. The number of hydrogen-bond acceptors (Lipinski definition) is 1. The van der Waals surface area contributed by atoms with Crippen LogP contribution in [0.4, 0.5) is 10.1 Å². The molecule has 1 aliphatic rings. The second kappa shape index (κ2) is 5.05. The number of halogens is 2. The normalized spacial score (nSPS) is 24.7. The van der Waals surface area contributed by atoms with Crippen LogP contribution in [-0.4, -0.2) is 6.04 Å². The first kappa shape index (κ1) is 11.7. The molecule has 1 fully saturated rings. The summed E-state index contributed by atoms with van der Waals surface area (Å²) in [6.07, 6.45) is 4.74. The molecule has 2 atom stereocenters. The fraction of sp³-hybridized carbons (Fsp3) is 0.538. The van der Waals surface area contributed by atoms with Crippen molar-refractivity contribution in [3.05, 3.63) is 29.0 Å². The molecule has 0 aromatic heterocycles. The number of anilines is 1. The maximum Gasteiger partial charge on any atom is 0.146 e. The molecule has 1 saturated carbocycles. The Morgan fingerprint density at radius 1 is 1.44 bits per heavy atom. The third kappa shape index (κ3) is 2.67. The first-order valence-electron chi connectivity index (χ1n) is 5.90. The SMILES string of the molecule is CCC1CCC(Nc2cc(Cl)ccc2F)C1. The molecule has 3 heteroatoms. The Bertz CT molecular complexity index is 367. The van der Waals surface area contributed by atoms with Gasteiger partial charge in [-0.1, -0.05) is 24.9 Å². The molecule has 88 valence electrons. The largest absolute Gasteiger partial charge is 0.380 e. The zero-order chi connectivity index (χ0) is 11.5. The fourth-order valence-corrected chi connectivity index (χ4v) is 2.58. The Kier molecular flexibility index (Phi) is 3.70. The highest BCUT2D eigenvalue weighted by atomic mass is 35.5. The fourth-order valence-electron chi connectivity index (χ4n) is 2.40. The number of rotatable bonds is 3. The topological polar surface area (TPSA) is 12.0 Å². The molecule has 0 spiro atoms. The predicted octanol–water partition coefficient (Wildman–Crippen LogP) is 4.47. The van der Waals surface area contributed by atoms with Gasteiger partial charge >= 0.3 is 0 Å². The second-order valence-electron chi connectivity index (χ2n) is 4.55. The highest BCUT2D eigenvalue weighted by Gasteiger charge is 2.23. The van der Waals surface area contributed by atoms with E-state index in [1.807, 2.05) is 0 Å². The molecule has 16 heavy (non-hydrogen) atoms. The summed E-state index contributed by atoms with van der Waals surface area (Å²) in [4.78, 5) is 0. The van der Waals surface area contributed by atoms with Crippen LogP contribution < -0.4 is 5.32 Å². The molecule has 2 rings (SSSR count). The minimum atomic E-state index is -0.218. The standard InChI is InChI=1S/C13H17ClFN/c1-2-9-3-5-11(7-9)16-13-8-10(14)4-6-12(13)15/h4,6,8-9,11,16H,2-3,5,7H2,1H3. The first-order valence-corrected chi connectivity index (χ1v) is 6.28. The van der Waals surface area contributed by atoms with Crippen LogP contribution in [0.15, 0.2) is 18.2 Å². The van der Waals surface area contributed by atoms with Gasteiger partial charge in [-0.15, -0.1) is 0 Å². The van der Waals surface area contributed by atoms with Crippen molar-refractivity contribution in [3.63, 3.8) is 0 Å². The van der Waals surface area contributed by atoms with E-state index in [0.29, 0.717) is 16.8 Å². The van der Waals surface area contributed by atoms with Gasteiger partial charge in [-0.3, -0.25) is 0 Å². The Hall–Kier alpha value is -0.760. The summed E-state index contributed by atoms with van der Waals surface area (Å²) in [6, 6.07) is 5.05. The average Bonchev–Trinajstić information content (AvgIpc) is 2.71. The summed E-state index contributed by atoms with van der Waals surface area (Å²) in [7, 11) is 0. The van der Waals surface area contributed by atoms with E-state index in [1.165, 1.54) is 18.9 Å². The van der Waals surface area contributed by atoms with Crippen molar-refractivity contribution >= 4 is 17.3 Å². The summed E-state index contributed by atoms with van der Waals surface area (Å²) in [5.74, 6) is 0.573. The van der Waals surface area contributed by atoms with Gasteiger partial charge in [0.05, 0.1) is 5.69 Å². The molecule has 0 bridgehead atoms. The van der Waals surface area contributed by atoms with Crippen LogP contribution in [0.1, 0.15) is 32.6 Å². The van der Waals surface area contributed by atoms with E-state index in [1.54, 1.807) is 12.1 Å². The summed E-state index contributed by atoms with van der Waals surface area (Å²) in [6.45, 7) is 2.22. The lowest BCUT2D eigenvalue weighted by Crippen LogP contribution is -2.16. The molecule has 1 nitrogen and oxygen atoms in total. The first-order chi connectivity index (χ1) is 7.69. The van der Waals surface area contributed by atoms with Crippen molar-refractivity contribution in [2.75, 3.05) is 5.32 Å². The number of benzene rings is 1. The predicted molar refractivity (Wildman–Crippen MR) is 66.5 cm³/mol. The van der Waals surface area contributed by atoms with E-state index >= 15 is 0 Å². The number of nitrogens with one attached hydrogen (secondary N) is 1. The van der Waals surface area contributed by atoms with E-state index in [-0.39, 0.29) is 5.82 Å². The summed E-state index contributed by atoms with van der Waals surface area (Å²) in [5.41, 5.74) is 0.536. The lowest BCUT2D eigenvalue weighted by molar-refractivity contribution is 0.524. The Balaban J connectivity index is 2.01. The lowest BCUT2D eigenvalue weighted by atomic mass is 10.1. The van der Waals surface area contributed by atoms with Crippen LogP contribution in [0.5, 0.6) is 0 Å². The highest BCUT2D eigenvalue weighted by molar-refractivity contribution is 6.30. The Labute approximate surface area is 101 Å². The van der Waals surface area contributed by atoms with Gasteiger partial charge in [-0.05, 0) is 43.4 Å². The third-order valence-electron chi connectivity index (χ3n) is 3.41. The van der Waals surface area contributed by atoms with Crippen LogP contribution in [0, 0.1) is 11.7 Å². The molecule has 0 amide bonds. The van der Waals surface area contributed by atoms with E-state index in [2.05, 4.69) is 12.2 Å². The Morgan fingerprint density at radius 3 is 2.94 bits per heavy atom. The second-order valence-corrected chi connectivity index (χ2v) is 4.99. The van der Waals surface area contributed by atoms with E-state index in [4.69, 9.17) is 11.6 Å². The van der Waals surface area contributed by atoms with Crippen molar-refractivity contribution in [2.24, 2.45) is 5.92 Å². The van der Waals surface area contributed by atoms with Crippen molar-refractivity contribution in [1.82, 2.24) is 0 Å². The molecule has 0 saturated heterocycles. The highest BCUT2D eigenvalue weighted by Crippen LogP contribution is 2.31. The zero-order valence-corrected chi connectivity index (χ0v) is 10.2. The van der Waals surface area contributed by atoms with Crippen molar-refractivity contribution in [2.45, 2.75) is 38.6 Å². The van der Waals surface area contributed by atoms with Gasteiger partial charge in [0.2, 0.25) is 0 Å². The summed E-state index contributed by atoms with van der Waals surface area (Å²) >= 11 is 5.85. The average molecular weight is 242 g/mol. The zero-order valence-electron chi connectivity index (χ0n) is 9.47. The van der Waals surface area contributed by atoms with Crippen LogP contribution in [0.25, 0.3) is 0 Å². The van der Waals surface area contributed by atoms with E-state index < -0.39 is 0 Å². The minimum Gasteiger partial charge on any atom is -0.380 e. The van der Waals surface area contributed by atoms with Crippen molar-refractivity contribution in [3.8, 4) is 0 Å². The van der Waals surface area contributed by atoms with Gasteiger partial charge in [0.15, 0.2) is 0 Å². The van der Waals surface area contributed by atoms with E-state index in [0.717, 1.165) is 18.8 Å². The van der Waals surface area contributed by atoms with Crippen molar-refractivity contribution < 1.29 is 4.39 Å². The van der Waals surface area contributed by atoms with E-state index in [9.17, 15) is 4.39 Å². The van der Waals surface area contributed by atoms with Crippen LogP contribution in [-0.2, 0) is 0 Å². The van der Waals surface area contributed by atoms with Gasteiger partial charge < -0.3 is 5.32 Å². The molecule has 1 aromatic rings. The minimum absolute atomic E-state index is 0.218. The quantitative estimate of drug-likeness (QED) is 0.823.